The van der Waals surface area contributed by atoms with Crippen LogP contribution < -0.4 is 4.57 Å². The van der Waals surface area contributed by atoms with Crippen molar-refractivity contribution >= 4 is 12.5 Å². The Morgan fingerprint density at radius 3 is 2.94 bits per heavy atom. The molecule has 4 nitrogen and oxygen atoms in total. The van der Waals surface area contributed by atoms with Gasteiger partial charge in [0.1, 0.15) is 24.7 Å². The van der Waals surface area contributed by atoms with E-state index in [1.54, 1.807) is 18.3 Å². The maximum atomic E-state index is 10.7. The lowest BCUT2D eigenvalue weighted by Crippen LogP contribution is -2.31. The van der Waals surface area contributed by atoms with Crippen molar-refractivity contribution in [3.63, 3.8) is 0 Å². The quantitative estimate of drug-likeness (QED) is 0.637. The second-order valence-electron chi connectivity index (χ2n) is 3.73. The van der Waals surface area contributed by atoms with Crippen LogP contribution in [0.4, 0.5) is 0 Å². The number of carbonyl (C=O) groups is 1. The molecule has 86 valence electrons. The van der Waals surface area contributed by atoms with E-state index in [0.29, 0.717) is 18.4 Å². The molecule has 0 fully saturated rings. The van der Waals surface area contributed by atoms with E-state index in [1.807, 2.05) is 27.9 Å². The van der Waals surface area contributed by atoms with Crippen molar-refractivity contribution in [1.29, 1.82) is 0 Å². The fourth-order valence-electron chi connectivity index (χ4n) is 1.62. The Bertz CT molecular complexity index is 558. The molecule has 0 amide bonds. The zero-order chi connectivity index (χ0) is 12.3. The molecular weight excluding hydrogens is 216 g/mol. The van der Waals surface area contributed by atoms with Crippen LogP contribution in [0.15, 0.2) is 43.5 Å². The molecule has 1 heterocycles. The fourth-order valence-corrected chi connectivity index (χ4v) is 1.62. The molecule has 4 heteroatoms. The zero-order valence-electron chi connectivity index (χ0n) is 9.28. The van der Waals surface area contributed by atoms with Gasteiger partial charge in [0.05, 0.1) is 11.8 Å². The summed E-state index contributed by atoms with van der Waals surface area (Å²) < 4.78 is 3.80. The minimum Gasteiger partial charge on any atom is -0.507 e. The number of benzene rings is 1. The van der Waals surface area contributed by atoms with Gasteiger partial charge in [0.25, 0.3) is 0 Å². The fraction of sp³-hybridized carbons (Fsp3) is 0.0769. The van der Waals surface area contributed by atoms with Crippen molar-refractivity contribution in [2.45, 2.75) is 6.54 Å². The summed E-state index contributed by atoms with van der Waals surface area (Å²) >= 11 is 0. The van der Waals surface area contributed by atoms with Crippen molar-refractivity contribution in [2.75, 3.05) is 0 Å². The zero-order valence-corrected chi connectivity index (χ0v) is 9.28. The monoisotopic (exact) mass is 229 g/mol. The number of aromatic nitrogens is 2. The number of nitrogens with zero attached hydrogens (tertiary/aromatic N) is 2. The molecule has 1 aromatic carbocycles. The maximum Gasteiger partial charge on any atom is 0.248 e. The molecule has 1 N–H and O–H groups in total. The van der Waals surface area contributed by atoms with E-state index in [4.69, 9.17) is 0 Å². The lowest BCUT2D eigenvalue weighted by molar-refractivity contribution is -0.687. The molecule has 2 rings (SSSR count). The molecule has 0 unspecified atom stereocenters. The number of aromatic hydroxyl groups is 1. The molecular formula is C13H13N2O2+. The number of rotatable bonds is 4. The Morgan fingerprint density at radius 1 is 1.47 bits per heavy atom. The number of hydrogen-bond donors (Lipinski definition) is 1. The first-order valence-corrected chi connectivity index (χ1v) is 5.19. The predicted molar refractivity (Wildman–Crippen MR) is 63.6 cm³/mol. The summed E-state index contributed by atoms with van der Waals surface area (Å²) in [5.74, 6) is 0.0115. The van der Waals surface area contributed by atoms with Gasteiger partial charge in [-0.15, -0.1) is 0 Å². The van der Waals surface area contributed by atoms with Crippen LogP contribution in [-0.2, 0) is 6.54 Å². The largest absolute Gasteiger partial charge is 0.507 e. The third-order valence-electron chi connectivity index (χ3n) is 2.51. The van der Waals surface area contributed by atoms with Gasteiger partial charge in [-0.1, -0.05) is 12.6 Å². The first kappa shape index (κ1) is 11.1. The van der Waals surface area contributed by atoms with E-state index in [2.05, 4.69) is 6.58 Å². The molecule has 0 spiro atoms. The Hall–Kier alpha value is -2.36. The summed E-state index contributed by atoms with van der Waals surface area (Å²) in [5, 5.41) is 9.39. The van der Waals surface area contributed by atoms with Crippen LogP contribution in [-0.4, -0.2) is 16.0 Å². The van der Waals surface area contributed by atoms with E-state index < -0.39 is 0 Å². The second kappa shape index (κ2) is 4.65. The van der Waals surface area contributed by atoms with Crippen LogP contribution in [0.1, 0.15) is 15.9 Å². The SMILES string of the molecule is C=Cn1cc[n+](Cc2ccc(O)c(C=O)c2)c1. The van der Waals surface area contributed by atoms with E-state index >= 15 is 0 Å². The highest BCUT2D eigenvalue weighted by molar-refractivity contribution is 5.79. The molecule has 0 aliphatic rings. The lowest BCUT2D eigenvalue weighted by Gasteiger charge is -2.01. The van der Waals surface area contributed by atoms with Gasteiger partial charge in [-0.2, -0.15) is 0 Å². The highest BCUT2D eigenvalue weighted by Crippen LogP contribution is 2.16. The van der Waals surface area contributed by atoms with Crippen LogP contribution in [0, 0.1) is 0 Å². The Morgan fingerprint density at radius 2 is 2.29 bits per heavy atom. The van der Waals surface area contributed by atoms with E-state index in [1.165, 1.54) is 6.07 Å². The van der Waals surface area contributed by atoms with Crippen LogP contribution in [0.3, 0.4) is 0 Å². The number of aldehydes is 1. The maximum absolute atomic E-state index is 10.7. The van der Waals surface area contributed by atoms with Crippen molar-refractivity contribution < 1.29 is 14.5 Å². The summed E-state index contributed by atoms with van der Waals surface area (Å²) in [7, 11) is 0. The second-order valence-corrected chi connectivity index (χ2v) is 3.73. The van der Waals surface area contributed by atoms with Crippen LogP contribution in [0.25, 0.3) is 6.20 Å². The van der Waals surface area contributed by atoms with Gasteiger partial charge in [-0.3, -0.25) is 4.79 Å². The molecule has 0 saturated carbocycles. The molecule has 1 aromatic heterocycles. The average Bonchev–Trinajstić information content (AvgIpc) is 2.79. The number of phenolic OH excluding ortho intramolecular Hbond substituents is 1. The van der Waals surface area contributed by atoms with Gasteiger partial charge in [0.2, 0.25) is 6.33 Å². The van der Waals surface area contributed by atoms with Gasteiger partial charge in [-0.25, -0.2) is 9.13 Å². The topological polar surface area (TPSA) is 46.1 Å². The molecule has 0 radical (unpaired) electrons. The van der Waals surface area contributed by atoms with Gasteiger partial charge in [-0.05, 0) is 17.7 Å². The predicted octanol–water partition coefficient (Wildman–Crippen LogP) is 1.44. The van der Waals surface area contributed by atoms with Crippen molar-refractivity contribution in [3.05, 3.63) is 54.6 Å². The standard InChI is InChI=1S/C13H12N2O2/c1-2-14-5-6-15(10-14)8-11-3-4-13(17)12(7-11)9-16/h2-7,9-10H,1,8H2/p+1. The molecule has 17 heavy (non-hydrogen) atoms. The summed E-state index contributed by atoms with van der Waals surface area (Å²) in [6.07, 6.45) is 8.03. The average molecular weight is 229 g/mol. The Balaban J connectivity index is 2.23. The summed E-state index contributed by atoms with van der Waals surface area (Å²) in [6, 6.07) is 5.01. The van der Waals surface area contributed by atoms with Gasteiger partial charge in [0, 0.05) is 0 Å². The van der Waals surface area contributed by atoms with Gasteiger partial charge in [0.15, 0.2) is 6.29 Å². The van der Waals surface area contributed by atoms with Crippen LogP contribution >= 0.6 is 0 Å². The minimum atomic E-state index is 0.0115. The molecule has 0 atom stereocenters. The number of phenols is 1. The van der Waals surface area contributed by atoms with Crippen molar-refractivity contribution in [1.82, 2.24) is 4.57 Å². The van der Waals surface area contributed by atoms with Gasteiger partial charge >= 0.3 is 0 Å². The van der Waals surface area contributed by atoms with Crippen molar-refractivity contribution in [2.24, 2.45) is 0 Å². The number of carbonyl (C=O) groups excluding carboxylic acids is 1. The van der Waals surface area contributed by atoms with E-state index in [0.717, 1.165) is 5.56 Å². The third-order valence-corrected chi connectivity index (χ3v) is 2.51. The van der Waals surface area contributed by atoms with E-state index in [-0.39, 0.29) is 5.75 Å². The highest BCUT2D eigenvalue weighted by Gasteiger charge is 2.05. The molecule has 0 aliphatic carbocycles. The first-order valence-electron chi connectivity index (χ1n) is 5.19. The highest BCUT2D eigenvalue weighted by atomic mass is 16.3. The normalized spacial score (nSPS) is 10.1. The summed E-state index contributed by atoms with van der Waals surface area (Å²) in [6.45, 7) is 4.30. The third kappa shape index (κ3) is 2.42. The van der Waals surface area contributed by atoms with Crippen LogP contribution in [0.2, 0.25) is 0 Å². The smallest absolute Gasteiger partial charge is 0.248 e. The Labute approximate surface area is 99.1 Å². The summed E-state index contributed by atoms with van der Waals surface area (Å²) in [5.41, 5.74) is 1.27. The van der Waals surface area contributed by atoms with E-state index in [9.17, 15) is 9.90 Å². The minimum absolute atomic E-state index is 0.0115. The molecule has 0 bridgehead atoms. The first-order chi connectivity index (χ1) is 8.22. The van der Waals surface area contributed by atoms with Gasteiger partial charge < -0.3 is 5.11 Å². The Kier molecular flexibility index (Phi) is 3.05. The lowest BCUT2D eigenvalue weighted by atomic mass is 10.1. The number of hydrogen-bond acceptors (Lipinski definition) is 2. The molecule has 0 saturated heterocycles. The summed E-state index contributed by atoms with van der Waals surface area (Å²) in [4.78, 5) is 10.7. The van der Waals surface area contributed by atoms with Crippen molar-refractivity contribution in [3.8, 4) is 5.75 Å². The molecule has 2 aromatic rings. The van der Waals surface area contributed by atoms with Crippen LogP contribution in [0.5, 0.6) is 5.75 Å². The number of imidazole rings is 1. The molecule has 0 aliphatic heterocycles.